The Balaban J connectivity index is 1.58. The molecule has 1 aromatic heterocycles. The molecule has 1 fully saturated rings. The molecule has 0 amide bonds. The summed E-state index contributed by atoms with van der Waals surface area (Å²) in [6.45, 7) is 6.13. The Morgan fingerprint density at radius 2 is 2.25 bits per heavy atom. The molecule has 0 saturated carbocycles. The van der Waals surface area contributed by atoms with Crippen molar-refractivity contribution in [3.63, 3.8) is 0 Å². The fraction of sp³-hybridized carbons (Fsp3) is 0.529. The molecular weight excluding hydrogens is 314 g/mol. The van der Waals surface area contributed by atoms with Gasteiger partial charge in [0, 0.05) is 37.2 Å². The van der Waals surface area contributed by atoms with Crippen molar-refractivity contribution < 1.29 is 13.3 Å². The Bertz CT molecular complexity index is 691. The number of halogens is 2. The van der Waals surface area contributed by atoms with Gasteiger partial charge in [0.1, 0.15) is 11.6 Å². The highest BCUT2D eigenvalue weighted by atomic mass is 19.1. The first-order valence-electron chi connectivity index (χ1n) is 8.24. The van der Waals surface area contributed by atoms with Crippen molar-refractivity contribution in [3.05, 3.63) is 47.1 Å². The van der Waals surface area contributed by atoms with Gasteiger partial charge in [-0.15, -0.1) is 0 Å². The van der Waals surface area contributed by atoms with Gasteiger partial charge < -0.3 is 9.84 Å². The normalized spacial score (nSPS) is 20.2. The maximum atomic E-state index is 13.9. The molecule has 0 aliphatic carbocycles. The van der Waals surface area contributed by atoms with Gasteiger partial charge in [0.15, 0.2) is 5.82 Å². The molecule has 0 unspecified atom stereocenters. The number of rotatable bonds is 5. The van der Waals surface area contributed by atoms with E-state index in [4.69, 9.17) is 4.52 Å². The van der Waals surface area contributed by atoms with Gasteiger partial charge in [-0.25, -0.2) is 8.78 Å². The SMILES string of the molecule is Cc1nc(CN2CCC[C@H](N[C@H](C)c3ccc(F)cc3F)C2)no1. The van der Waals surface area contributed by atoms with Crippen LogP contribution in [-0.4, -0.2) is 34.2 Å². The summed E-state index contributed by atoms with van der Waals surface area (Å²) in [6, 6.07) is 3.79. The lowest BCUT2D eigenvalue weighted by Gasteiger charge is -2.34. The van der Waals surface area contributed by atoms with E-state index in [1.165, 1.54) is 12.1 Å². The number of nitrogens with one attached hydrogen (secondary N) is 1. The van der Waals surface area contributed by atoms with E-state index in [2.05, 4.69) is 20.4 Å². The van der Waals surface area contributed by atoms with Gasteiger partial charge in [0.05, 0.1) is 6.54 Å². The summed E-state index contributed by atoms with van der Waals surface area (Å²) in [5, 5.41) is 7.38. The summed E-state index contributed by atoms with van der Waals surface area (Å²) >= 11 is 0. The van der Waals surface area contributed by atoms with Crippen LogP contribution < -0.4 is 5.32 Å². The fourth-order valence-electron chi connectivity index (χ4n) is 3.24. The molecule has 2 atom stereocenters. The molecule has 0 radical (unpaired) electrons. The number of aryl methyl sites for hydroxylation is 1. The number of hydrogen-bond acceptors (Lipinski definition) is 5. The van der Waals surface area contributed by atoms with Crippen LogP contribution in [0.1, 0.15) is 43.1 Å². The molecule has 1 aliphatic heterocycles. The van der Waals surface area contributed by atoms with Gasteiger partial charge in [-0.05, 0) is 32.4 Å². The van der Waals surface area contributed by atoms with Gasteiger partial charge >= 0.3 is 0 Å². The average Bonchev–Trinajstić information content (AvgIpc) is 2.92. The summed E-state index contributed by atoms with van der Waals surface area (Å²) in [6.07, 6.45) is 2.07. The predicted octanol–water partition coefficient (Wildman–Crippen LogP) is 2.97. The minimum Gasteiger partial charge on any atom is -0.340 e. The second-order valence-corrected chi connectivity index (χ2v) is 6.36. The molecule has 0 spiro atoms. The Labute approximate surface area is 140 Å². The number of hydrogen-bond donors (Lipinski definition) is 1. The monoisotopic (exact) mass is 336 g/mol. The van der Waals surface area contributed by atoms with Gasteiger partial charge in [0.25, 0.3) is 0 Å². The zero-order valence-electron chi connectivity index (χ0n) is 13.9. The van der Waals surface area contributed by atoms with Crippen LogP contribution in [0.25, 0.3) is 0 Å². The minimum atomic E-state index is -0.553. The summed E-state index contributed by atoms with van der Waals surface area (Å²) in [4.78, 5) is 6.50. The van der Waals surface area contributed by atoms with E-state index in [0.717, 1.165) is 32.0 Å². The van der Waals surface area contributed by atoms with E-state index in [1.54, 1.807) is 6.92 Å². The van der Waals surface area contributed by atoms with Crippen LogP contribution in [0.4, 0.5) is 8.78 Å². The van der Waals surface area contributed by atoms with Crippen LogP contribution in [0, 0.1) is 18.6 Å². The first kappa shape index (κ1) is 17.0. The third-order valence-electron chi connectivity index (χ3n) is 4.35. The van der Waals surface area contributed by atoms with Crippen molar-refractivity contribution in [3.8, 4) is 0 Å². The Morgan fingerprint density at radius 1 is 1.42 bits per heavy atom. The topological polar surface area (TPSA) is 54.2 Å². The molecule has 2 aromatic rings. The van der Waals surface area contributed by atoms with E-state index in [0.29, 0.717) is 23.8 Å². The quantitative estimate of drug-likeness (QED) is 0.910. The largest absolute Gasteiger partial charge is 0.340 e. The smallest absolute Gasteiger partial charge is 0.223 e. The number of aromatic nitrogens is 2. The summed E-state index contributed by atoms with van der Waals surface area (Å²) in [7, 11) is 0. The maximum absolute atomic E-state index is 13.9. The van der Waals surface area contributed by atoms with E-state index < -0.39 is 11.6 Å². The lowest BCUT2D eigenvalue weighted by Crippen LogP contribution is -2.46. The molecule has 1 saturated heterocycles. The first-order valence-corrected chi connectivity index (χ1v) is 8.24. The van der Waals surface area contributed by atoms with Crippen LogP contribution >= 0.6 is 0 Å². The summed E-state index contributed by atoms with van der Waals surface area (Å²) in [5.74, 6) is 0.190. The predicted molar refractivity (Wildman–Crippen MR) is 85.2 cm³/mol. The van der Waals surface area contributed by atoms with Gasteiger partial charge in [-0.1, -0.05) is 11.2 Å². The van der Waals surface area contributed by atoms with Gasteiger partial charge in [0.2, 0.25) is 5.89 Å². The fourth-order valence-corrected chi connectivity index (χ4v) is 3.24. The summed E-state index contributed by atoms with van der Waals surface area (Å²) < 4.78 is 31.9. The van der Waals surface area contributed by atoms with Crippen LogP contribution in [0.3, 0.4) is 0 Å². The van der Waals surface area contributed by atoms with Gasteiger partial charge in [-0.2, -0.15) is 4.98 Å². The Kier molecular flexibility index (Phi) is 5.20. The molecule has 1 aromatic carbocycles. The highest BCUT2D eigenvalue weighted by Gasteiger charge is 2.23. The number of nitrogens with zero attached hydrogens (tertiary/aromatic N) is 3. The second-order valence-electron chi connectivity index (χ2n) is 6.36. The number of benzene rings is 1. The van der Waals surface area contributed by atoms with Crippen molar-refractivity contribution in [2.24, 2.45) is 0 Å². The molecule has 3 rings (SSSR count). The van der Waals surface area contributed by atoms with Crippen molar-refractivity contribution >= 4 is 0 Å². The standard InChI is InChI=1S/C17H22F2N4O/c1-11(15-6-5-13(18)8-16(15)19)20-14-4-3-7-23(9-14)10-17-21-12(2)24-22-17/h5-6,8,11,14,20H,3-4,7,9-10H2,1-2H3/t11-,14+/m1/s1. The number of likely N-dealkylation sites (tertiary alicyclic amines) is 1. The van der Waals surface area contributed by atoms with E-state index in [1.807, 2.05) is 6.92 Å². The highest BCUT2D eigenvalue weighted by Crippen LogP contribution is 2.21. The highest BCUT2D eigenvalue weighted by molar-refractivity contribution is 5.21. The molecule has 2 heterocycles. The van der Waals surface area contributed by atoms with Crippen molar-refractivity contribution in [2.75, 3.05) is 13.1 Å². The first-order chi connectivity index (χ1) is 11.5. The van der Waals surface area contributed by atoms with Crippen LogP contribution in [0.2, 0.25) is 0 Å². The molecular formula is C17H22F2N4O. The van der Waals surface area contributed by atoms with E-state index in [9.17, 15) is 8.78 Å². The molecule has 5 nitrogen and oxygen atoms in total. The Hall–Kier alpha value is -1.86. The third kappa shape index (κ3) is 4.15. The zero-order chi connectivity index (χ0) is 17.1. The van der Waals surface area contributed by atoms with Crippen LogP contribution in [0.15, 0.2) is 22.7 Å². The molecule has 130 valence electrons. The summed E-state index contributed by atoms with van der Waals surface area (Å²) in [5.41, 5.74) is 0.488. The molecule has 1 N–H and O–H groups in total. The van der Waals surface area contributed by atoms with Crippen LogP contribution in [-0.2, 0) is 6.54 Å². The Morgan fingerprint density at radius 3 is 2.96 bits per heavy atom. The van der Waals surface area contributed by atoms with E-state index >= 15 is 0 Å². The third-order valence-corrected chi connectivity index (χ3v) is 4.35. The molecule has 0 bridgehead atoms. The van der Waals surface area contributed by atoms with Crippen molar-refractivity contribution in [2.45, 2.75) is 45.3 Å². The number of piperidine rings is 1. The zero-order valence-corrected chi connectivity index (χ0v) is 13.9. The van der Waals surface area contributed by atoms with E-state index in [-0.39, 0.29) is 12.1 Å². The molecule has 24 heavy (non-hydrogen) atoms. The lowest BCUT2D eigenvalue weighted by atomic mass is 10.0. The lowest BCUT2D eigenvalue weighted by molar-refractivity contribution is 0.171. The van der Waals surface area contributed by atoms with Crippen LogP contribution in [0.5, 0.6) is 0 Å². The van der Waals surface area contributed by atoms with Crippen molar-refractivity contribution in [1.82, 2.24) is 20.4 Å². The maximum Gasteiger partial charge on any atom is 0.223 e. The molecule has 7 heteroatoms. The minimum absolute atomic E-state index is 0.178. The van der Waals surface area contributed by atoms with Gasteiger partial charge in [-0.3, -0.25) is 4.90 Å². The second kappa shape index (κ2) is 7.36. The molecule has 1 aliphatic rings. The average molecular weight is 336 g/mol. The van der Waals surface area contributed by atoms with Crippen molar-refractivity contribution in [1.29, 1.82) is 0 Å².